The Balaban J connectivity index is 2.25. The Kier molecular flexibility index (Phi) is 3.98. The third-order valence-corrected chi connectivity index (χ3v) is 3.01. The van der Waals surface area contributed by atoms with E-state index in [2.05, 4.69) is 21.8 Å². The Bertz CT molecular complexity index is 414. The molecule has 0 bridgehead atoms. The smallest absolute Gasteiger partial charge is 0.318 e. The third kappa shape index (κ3) is 2.70. The molecule has 6 heteroatoms. The molecule has 1 aliphatic rings. The topological polar surface area (TPSA) is 67.7 Å². The fraction of sp³-hybridized carbons (Fsp3) is 0.667. The van der Waals surface area contributed by atoms with Crippen molar-refractivity contribution in [1.82, 2.24) is 9.97 Å². The molecule has 1 aromatic heterocycles. The van der Waals surface area contributed by atoms with Gasteiger partial charge in [-0.1, -0.05) is 0 Å². The van der Waals surface area contributed by atoms with Gasteiger partial charge in [0.25, 0.3) is 0 Å². The van der Waals surface area contributed by atoms with Gasteiger partial charge in [0.1, 0.15) is 5.82 Å². The number of anilines is 1. The Hall–Kier alpha value is -1.40. The minimum absolute atomic E-state index is 0.0183. The molecule has 6 nitrogen and oxygen atoms in total. The normalized spacial score (nSPS) is 24.1. The van der Waals surface area contributed by atoms with Gasteiger partial charge in [-0.15, -0.1) is 0 Å². The molecule has 0 aromatic carbocycles. The van der Waals surface area contributed by atoms with Gasteiger partial charge in [0, 0.05) is 18.3 Å². The minimum Gasteiger partial charge on any atom is -0.467 e. The first-order valence-corrected chi connectivity index (χ1v) is 6.02. The molecule has 100 valence electrons. The van der Waals surface area contributed by atoms with E-state index in [0.717, 1.165) is 11.5 Å². The molecule has 1 aliphatic heterocycles. The van der Waals surface area contributed by atoms with Gasteiger partial charge >= 0.3 is 6.01 Å². The van der Waals surface area contributed by atoms with Crippen LogP contribution >= 0.6 is 0 Å². The monoisotopic (exact) mass is 253 g/mol. The molecule has 1 aromatic rings. The van der Waals surface area contributed by atoms with Crippen molar-refractivity contribution in [2.75, 3.05) is 31.8 Å². The van der Waals surface area contributed by atoms with Crippen LogP contribution < -0.4 is 9.64 Å². The summed E-state index contributed by atoms with van der Waals surface area (Å²) >= 11 is 0. The van der Waals surface area contributed by atoms with Gasteiger partial charge in [-0.3, -0.25) is 0 Å². The van der Waals surface area contributed by atoms with Gasteiger partial charge in [-0.05, 0) is 13.8 Å². The lowest BCUT2D eigenvalue weighted by molar-refractivity contribution is -0.0106. The minimum atomic E-state index is -0.164. The molecule has 2 atom stereocenters. The van der Waals surface area contributed by atoms with Crippen molar-refractivity contribution in [2.45, 2.75) is 26.0 Å². The van der Waals surface area contributed by atoms with Crippen LogP contribution in [0.15, 0.2) is 6.07 Å². The summed E-state index contributed by atoms with van der Waals surface area (Å²) in [5.41, 5.74) is 0.857. The van der Waals surface area contributed by atoms with E-state index in [9.17, 15) is 5.11 Å². The van der Waals surface area contributed by atoms with Crippen molar-refractivity contribution in [3.8, 4) is 6.01 Å². The highest BCUT2D eigenvalue weighted by atomic mass is 16.5. The first-order chi connectivity index (χ1) is 8.63. The molecule has 0 aliphatic carbocycles. The maximum Gasteiger partial charge on any atom is 0.318 e. The SMILES string of the molecule is COc1nc(C)cc(N2CC(CO)OCC2C)n1. The molecule has 0 amide bonds. The summed E-state index contributed by atoms with van der Waals surface area (Å²) in [7, 11) is 1.55. The maximum atomic E-state index is 9.19. The zero-order valence-corrected chi connectivity index (χ0v) is 11.0. The number of morpholine rings is 1. The quantitative estimate of drug-likeness (QED) is 0.840. The Morgan fingerprint density at radius 1 is 1.56 bits per heavy atom. The highest BCUT2D eigenvalue weighted by molar-refractivity contribution is 5.42. The van der Waals surface area contributed by atoms with E-state index in [1.165, 1.54) is 0 Å². The Morgan fingerprint density at radius 2 is 2.33 bits per heavy atom. The van der Waals surface area contributed by atoms with Crippen LogP contribution in [0.4, 0.5) is 5.82 Å². The number of aliphatic hydroxyl groups is 1. The van der Waals surface area contributed by atoms with Crippen LogP contribution in [0.25, 0.3) is 0 Å². The molecular formula is C12H19N3O3. The van der Waals surface area contributed by atoms with E-state index in [4.69, 9.17) is 9.47 Å². The molecule has 1 fully saturated rings. The summed E-state index contributed by atoms with van der Waals surface area (Å²) in [4.78, 5) is 10.6. The number of methoxy groups -OCH3 is 1. The number of aryl methyl sites for hydroxylation is 1. The van der Waals surface area contributed by atoms with E-state index in [1.807, 2.05) is 13.0 Å². The number of hydrogen-bond donors (Lipinski definition) is 1. The molecule has 2 rings (SSSR count). The summed E-state index contributed by atoms with van der Waals surface area (Å²) < 4.78 is 10.6. The number of nitrogens with zero attached hydrogens (tertiary/aromatic N) is 3. The van der Waals surface area contributed by atoms with Crippen LogP contribution in [-0.2, 0) is 4.74 Å². The molecule has 0 radical (unpaired) electrons. The van der Waals surface area contributed by atoms with E-state index in [-0.39, 0.29) is 18.8 Å². The first-order valence-electron chi connectivity index (χ1n) is 6.02. The Labute approximate surface area is 107 Å². The number of aromatic nitrogens is 2. The molecule has 0 saturated carbocycles. The van der Waals surface area contributed by atoms with E-state index >= 15 is 0 Å². The van der Waals surface area contributed by atoms with Crippen molar-refractivity contribution in [1.29, 1.82) is 0 Å². The zero-order valence-electron chi connectivity index (χ0n) is 11.0. The lowest BCUT2D eigenvalue weighted by Crippen LogP contribution is -2.50. The third-order valence-electron chi connectivity index (χ3n) is 3.01. The molecule has 1 N–H and O–H groups in total. The maximum absolute atomic E-state index is 9.19. The molecule has 2 heterocycles. The van der Waals surface area contributed by atoms with Gasteiger partial charge in [0.05, 0.1) is 32.5 Å². The first kappa shape index (κ1) is 13.0. The standard InChI is InChI=1S/C12H19N3O3/c1-8-4-11(14-12(13-8)17-3)15-5-10(6-16)18-7-9(15)2/h4,9-10,16H,5-7H2,1-3H3. The van der Waals surface area contributed by atoms with E-state index in [0.29, 0.717) is 19.2 Å². The fourth-order valence-electron chi connectivity index (χ4n) is 2.01. The van der Waals surface area contributed by atoms with Crippen molar-refractivity contribution in [2.24, 2.45) is 0 Å². The molecule has 0 spiro atoms. The predicted octanol–water partition coefficient (Wildman–Crippen LogP) is 0.380. The van der Waals surface area contributed by atoms with E-state index < -0.39 is 0 Å². The number of aliphatic hydroxyl groups excluding tert-OH is 1. The van der Waals surface area contributed by atoms with Crippen LogP contribution in [0.5, 0.6) is 6.01 Å². The van der Waals surface area contributed by atoms with Gasteiger partial charge in [-0.2, -0.15) is 4.98 Å². The van der Waals surface area contributed by atoms with Crippen LogP contribution in [-0.4, -0.2) is 54.1 Å². The van der Waals surface area contributed by atoms with Crippen LogP contribution in [0.2, 0.25) is 0 Å². The lowest BCUT2D eigenvalue weighted by Gasteiger charge is -2.38. The summed E-state index contributed by atoms with van der Waals surface area (Å²) in [5, 5.41) is 9.19. The number of hydrogen-bond acceptors (Lipinski definition) is 6. The van der Waals surface area contributed by atoms with Crippen molar-refractivity contribution >= 4 is 5.82 Å². The second kappa shape index (κ2) is 5.49. The number of ether oxygens (including phenoxy) is 2. The largest absolute Gasteiger partial charge is 0.467 e. The van der Waals surface area contributed by atoms with Crippen LogP contribution in [0.3, 0.4) is 0 Å². The average molecular weight is 253 g/mol. The molecule has 2 unspecified atom stereocenters. The van der Waals surface area contributed by atoms with E-state index in [1.54, 1.807) is 7.11 Å². The van der Waals surface area contributed by atoms with Crippen LogP contribution in [0.1, 0.15) is 12.6 Å². The van der Waals surface area contributed by atoms with Crippen molar-refractivity contribution in [3.63, 3.8) is 0 Å². The second-order valence-corrected chi connectivity index (χ2v) is 4.49. The summed E-state index contributed by atoms with van der Waals surface area (Å²) in [5.74, 6) is 0.814. The summed E-state index contributed by atoms with van der Waals surface area (Å²) in [6.07, 6.45) is -0.164. The lowest BCUT2D eigenvalue weighted by atomic mass is 10.2. The number of rotatable bonds is 3. The molecule has 1 saturated heterocycles. The average Bonchev–Trinajstić information content (AvgIpc) is 2.38. The second-order valence-electron chi connectivity index (χ2n) is 4.49. The highest BCUT2D eigenvalue weighted by Gasteiger charge is 2.27. The summed E-state index contributed by atoms with van der Waals surface area (Å²) in [6, 6.07) is 2.50. The molecule has 18 heavy (non-hydrogen) atoms. The summed E-state index contributed by atoms with van der Waals surface area (Å²) in [6.45, 7) is 5.19. The van der Waals surface area contributed by atoms with Gasteiger partial charge in [-0.25, -0.2) is 4.98 Å². The van der Waals surface area contributed by atoms with Crippen molar-refractivity contribution < 1.29 is 14.6 Å². The molecular weight excluding hydrogens is 234 g/mol. The van der Waals surface area contributed by atoms with Crippen molar-refractivity contribution in [3.05, 3.63) is 11.8 Å². The van der Waals surface area contributed by atoms with Gasteiger partial charge < -0.3 is 19.5 Å². The van der Waals surface area contributed by atoms with Gasteiger partial charge in [0.2, 0.25) is 0 Å². The Morgan fingerprint density at radius 3 is 3.00 bits per heavy atom. The van der Waals surface area contributed by atoms with Crippen LogP contribution in [0, 0.1) is 6.92 Å². The van der Waals surface area contributed by atoms with Gasteiger partial charge in [0.15, 0.2) is 0 Å². The fourth-order valence-corrected chi connectivity index (χ4v) is 2.01. The highest BCUT2D eigenvalue weighted by Crippen LogP contribution is 2.22. The predicted molar refractivity (Wildman–Crippen MR) is 67.0 cm³/mol. The zero-order chi connectivity index (χ0) is 13.1.